The van der Waals surface area contributed by atoms with E-state index < -0.39 is 34.5 Å². The van der Waals surface area contributed by atoms with Crippen molar-refractivity contribution < 1.29 is 31.1 Å². The summed E-state index contributed by atoms with van der Waals surface area (Å²) in [6, 6.07) is 7.25. The molecule has 2 N–H and O–H groups in total. The standard InChI is InChI=1S/C19H19F3N6O4S/c1-10-13(26-33(3,30)31)7-8-14(23-10)15-18(28(2)27-25-15)24-19(29)32-16(17(21)22)11-5-4-6-12(20)9-11/h4-9,16-17,26H,1-3H3,(H,24,29). The number of hydrogen-bond donors (Lipinski definition) is 2. The van der Waals surface area contributed by atoms with Crippen molar-refractivity contribution in [3.05, 3.63) is 53.5 Å². The van der Waals surface area contributed by atoms with Crippen LogP contribution >= 0.6 is 0 Å². The number of nitrogens with one attached hydrogen (secondary N) is 2. The van der Waals surface area contributed by atoms with Gasteiger partial charge in [0.15, 0.2) is 17.6 Å². The topological polar surface area (TPSA) is 128 Å². The van der Waals surface area contributed by atoms with Gasteiger partial charge in [-0.15, -0.1) is 5.10 Å². The third kappa shape index (κ3) is 5.97. The van der Waals surface area contributed by atoms with E-state index in [9.17, 15) is 26.4 Å². The lowest BCUT2D eigenvalue weighted by Gasteiger charge is -2.18. The van der Waals surface area contributed by atoms with E-state index in [-0.39, 0.29) is 28.5 Å². The second-order valence-corrected chi connectivity index (χ2v) is 8.70. The van der Waals surface area contributed by atoms with Crippen LogP contribution in [0.3, 0.4) is 0 Å². The number of amides is 1. The highest BCUT2D eigenvalue weighted by Crippen LogP contribution is 2.29. The number of aromatic nitrogens is 4. The molecule has 0 aliphatic rings. The molecule has 0 bridgehead atoms. The molecule has 176 valence electrons. The van der Waals surface area contributed by atoms with E-state index in [1.165, 1.54) is 31.3 Å². The molecule has 0 fully saturated rings. The summed E-state index contributed by atoms with van der Waals surface area (Å²) in [6.07, 6.45) is -5.37. The summed E-state index contributed by atoms with van der Waals surface area (Å²) in [5.74, 6) is -0.765. The molecule has 1 atom stereocenters. The minimum Gasteiger partial charge on any atom is -0.435 e. The van der Waals surface area contributed by atoms with Crippen LogP contribution in [0.5, 0.6) is 0 Å². The maximum absolute atomic E-state index is 13.5. The van der Waals surface area contributed by atoms with Crippen molar-refractivity contribution in [2.24, 2.45) is 7.05 Å². The summed E-state index contributed by atoms with van der Waals surface area (Å²) in [4.78, 5) is 16.6. The molecule has 2 heterocycles. The van der Waals surface area contributed by atoms with Crippen molar-refractivity contribution in [1.29, 1.82) is 0 Å². The van der Waals surface area contributed by atoms with Gasteiger partial charge in [-0.2, -0.15) is 0 Å². The van der Waals surface area contributed by atoms with Crippen LogP contribution < -0.4 is 10.0 Å². The van der Waals surface area contributed by atoms with Gasteiger partial charge < -0.3 is 4.74 Å². The van der Waals surface area contributed by atoms with Gasteiger partial charge in [0.05, 0.1) is 23.3 Å². The molecule has 1 amide bonds. The molecule has 1 aromatic carbocycles. The molecule has 2 aromatic heterocycles. The lowest BCUT2D eigenvalue weighted by Crippen LogP contribution is -2.23. The fourth-order valence-corrected chi connectivity index (χ4v) is 3.48. The maximum Gasteiger partial charge on any atom is 0.413 e. The first-order chi connectivity index (χ1) is 15.4. The lowest BCUT2D eigenvalue weighted by molar-refractivity contribution is -0.0144. The molecule has 0 aliphatic carbocycles. The van der Waals surface area contributed by atoms with Crippen LogP contribution in [-0.4, -0.2) is 47.2 Å². The highest BCUT2D eigenvalue weighted by Gasteiger charge is 2.28. The molecule has 0 spiro atoms. The van der Waals surface area contributed by atoms with Crippen LogP contribution in [0.4, 0.5) is 29.5 Å². The molecule has 33 heavy (non-hydrogen) atoms. The number of sulfonamides is 1. The molecule has 0 saturated carbocycles. The zero-order valence-corrected chi connectivity index (χ0v) is 18.4. The van der Waals surface area contributed by atoms with Crippen LogP contribution in [0.2, 0.25) is 0 Å². The fourth-order valence-electron chi connectivity index (χ4n) is 2.86. The average Bonchev–Trinajstić information content (AvgIpc) is 3.07. The van der Waals surface area contributed by atoms with E-state index in [0.29, 0.717) is 5.69 Å². The minimum atomic E-state index is -3.52. The number of carbonyl (C=O) groups is 1. The summed E-state index contributed by atoms with van der Waals surface area (Å²) in [5.41, 5.74) is 0.665. The zero-order valence-electron chi connectivity index (χ0n) is 17.6. The number of benzene rings is 1. The SMILES string of the molecule is Cc1nc(-c2nnn(C)c2NC(=O)OC(c2cccc(F)c2)C(F)F)ccc1NS(C)(=O)=O. The van der Waals surface area contributed by atoms with Crippen molar-refractivity contribution in [3.8, 4) is 11.4 Å². The van der Waals surface area contributed by atoms with Crippen molar-refractivity contribution >= 4 is 27.6 Å². The monoisotopic (exact) mass is 484 g/mol. The van der Waals surface area contributed by atoms with Gasteiger partial charge >= 0.3 is 6.09 Å². The van der Waals surface area contributed by atoms with Crippen molar-refractivity contribution in [3.63, 3.8) is 0 Å². The zero-order chi connectivity index (χ0) is 24.3. The normalized spacial score (nSPS) is 12.5. The van der Waals surface area contributed by atoms with Crippen LogP contribution in [0.1, 0.15) is 17.4 Å². The number of anilines is 2. The number of hydrogen-bond acceptors (Lipinski definition) is 7. The summed E-state index contributed by atoms with van der Waals surface area (Å²) in [5, 5.41) is 10.00. The van der Waals surface area contributed by atoms with E-state index >= 15 is 0 Å². The van der Waals surface area contributed by atoms with E-state index in [1.54, 1.807) is 6.92 Å². The largest absolute Gasteiger partial charge is 0.435 e. The number of pyridine rings is 1. The molecule has 10 nitrogen and oxygen atoms in total. The molecule has 3 rings (SSSR count). The van der Waals surface area contributed by atoms with Gasteiger partial charge in [0.1, 0.15) is 5.82 Å². The molecule has 3 aromatic rings. The van der Waals surface area contributed by atoms with E-state index in [0.717, 1.165) is 23.1 Å². The minimum absolute atomic E-state index is 0.0111. The highest BCUT2D eigenvalue weighted by atomic mass is 32.2. The first-order valence-corrected chi connectivity index (χ1v) is 11.2. The predicted octanol–water partition coefficient (Wildman–Crippen LogP) is 3.25. The summed E-state index contributed by atoms with van der Waals surface area (Å²) < 4.78 is 71.5. The summed E-state index contributed by atoms with van der Waals surface area (Å²) >= 11 is 0. The second kappa shape index (κ2) is 9.44. The predicted molar refractivity (Wildman–Crippen MR) is 113 cm³/mol. The molecule has 0 aliphatic heterocycles. The first-order valence-electron chi connectivity index (χ1n) is 9.31. The molecular weight excluding hydrogens is 465 g/mol. The van der Waals surface area contributed by atoms with Crippen molar-refractivity contribution in [2.45, 2.75) is 19.5 Å². The van der Waals surface area contributed by atoms with Crippen LogP contribution in [-0.2, 0) is 21.8 Å². The van der Waals surface area contributed by atoms with Crippen LogP contribution in [0.25, 0.3) is 11.4 Å². The van der Waals surface area contributed by atoms with Crippen molar-refractivity contribution in [1.82, 2.24) is 20.0 Å². The number of nitrogens with zero attached hydrogens (tertiary/aromatic N) is 4. The Labute approximate surface area is 186 Å². The Balaban J connectivity index is 1.84. The molecule has 14 heteroatoms. The number of carbonyl (C=O) groups excluding carboxylic acids is 1. The van der Waals surface area contributed by atoms with Crippen LogP contribution in [0, 0.1) is 12.7 Å². The second-order valence-electron chi connectivity index (χ2n) is 6.95. The molecule has 1 unspecified atom stereocenters. The number of halogens is 3. The quantitative estimate of drug-likeness (QED) is 0.527. The molecule has 0 saturated heterocycles. The van der Waals surface area contributed by atoms with Gasteiger partial charge in [-0.1, -0.05) is 17.3 Å². The highest BCUT2D eigenvalue weighted by molar-refractivity contribution is 7.92. The average molecular weight is 484 g/mol. The Morgan fingerprint density at radius 2 is 1.94 bits per heavy atom. The summed E-state index contributed by atoms with van der Waals surface area (Å²) in [6.45, 7) is 1.56. The maximum atomic E-state index is 13.5. The van der Waals surface area contributed by atoms with Gasteiger partial charge in [0, 0.05) is 12.6 Å². The molecule has 0 radical (unpaired) electrons. The number of aryl methyl sites for hydroxylation is 2. The third-order valence-electron chi connectivity index (χ3n) is 4.31. The van der Waals surface area contributed by atoms with Gasteiger partial charge in [0.2, 0.25) is 10.0 Å². The third-order valence-corrected chi connectivity index (χ3v) is 4.90. The Morgan fingerprint density at radius 1 is 1.21 bits per heavy atom. The Bertz CT molecular complexity index is 1280. The van der Waals surface area contributed by atoms with Gasteiger partial charge in [0.25, 0.3) is 6.43 Å². The Hall–Kier alpha value is -3.68. The summed E-state index contributed by atoms with van der Waals surface area (Å²) in [7, 11) is -2.08. The van der Waals surface area contributed by atoms with E-state index in [2.05, 4.69) is 25.3 Å². The molecular formula is C19H19F3N6O4S. The number of alkyl halides is 2. The first kappa shape index (κ1) is 24.0. The fraction of sp³-hybridized carbons (Fsp3) is 0.263. The van der Waals surface area contributed by atoms with Gasteiger partial charge in [-0.05, 0) is 31.2 Å². The van der Waals surface area contributed by atoms with E-state index in [1.807, 2.05) is 0 Å². The number of rotatable bonds is 7. The lowest BCUT2D eigenvalue weighted by atomic mass is 10.1. The number of ether oxygens (including phenoxy) is 1. The van der Waals surface area contributed by atoms with Crippen LogP contribution in [0.15, 0.2) is 36.4 Å². The van der Waals surface area contributed by atoms with E-state index in [4.69, 9.17) is 4.74 Å². The smallest absolute Gasteiger partial charge is 0.413 e. The van der Waals surface area contributed by atoms with Gasteiger partial charge in [-0.25, -0.2) is 36.0 Å². The Morgan fingerprint density at radius 3 is 2.55 bits per heavy atom. The van der Waals surface area contributed by atoms with Crippen molar-refractivity contribution in [2.75, 3.05) is 16.3 Å². The van der Waals surface area contributed by atoms with Gasteiger partial charge in [-0.3, -0.25) is 10.0 Å². The Kier molecular flexibility index (Phi) is 6.86.